The highest BCUT2D eigenvalue weighted by Crippen LogP contribution is 2.18. The first kappa shape index (κ1) is 13.0. The van der Waals surface area contributed by atoms with E-state index in [4.69, 9.17) is 10.00 Å². The first-order valence-corrected chi connectivity index (χ1v) is 5.48. The Hall–Kier alpha value is -2.02. The van der Waals surface area contributed by atoms with E-state index in [2.05, 4.69) is 11.4 Å². The molecule has 90 valence electrons. The van der Waals surface area contributed by atoms with Crippen LogP contribution in [0.3, 0.4) is 0 Å². The number of amides is 1. The van der Waals surface area contributed by atoms with E-state index in [0.29, 0.717) is 17.9 Å². The average molecular weight is 232 g/mol. The number of hydrogen-bond acceptors (Lipinski definition) is 3. The molecule has 0 fully saturated rings. The van der Waals surface area contributed by atoms with Gasteiger partial charge in [-0.05, 0) is 24.5 Å². The monoisotopic (exact) mass is 232 g/mol. The summed E-state index contributed by atoms with van der Waals surface area (Å²) >= 11 is 0. The molecule has 0 aliphatic carbocycles. The lowest BCUT2D eigenvalue weighted by Gasteiger charge is -2.10. The molecule has 1 aromatic rings. The van der Waals surface area contributed by atoms with Crippen LogP contribution in [0.15, 0.2) is 18.2 Å². The minimum atomic E-state index is -0.527. The van der Waals surface area contributed by atoms with E-state index >= 15 is 0 Å². The van der Waals surface area contributed by atoms with Gasteiger partial charge in [0.05, 0.1) is 17.9 Å². The summed E-state index contributed by atoms with van der Waals surface area (Å²) in [6, 6.07) is 7.36. The number of nitrogens with one attached hydrogen (secondary N) is 1. The van der Waals surface area contributed by atoms with Gasteiger partial charge in [-0.15, -0.1) is 0 Å². The summed E-state index contributed by atoms with van der Waals surface area (Å²) in [5.74, 6) is 0.286. The van der Waals surface area contributed by atoms with Gasteiger partial charge in [-0.25, -0.2) is 4.79 Å². The molecule has 4 nitrogen and oxygen atoms in total. The van der Waals surface area contributed by atoms with Crippen molar-refractivity contribution >= 4 is 11.8 Å². The zero-order valence-electron chi connectivity index (χ0n) is 10.3. The lowest BCUT2D eigenvalue weighted by Crippen LogP contribution is -2.17. The molecule has 17 heavy (non-hydrogen) atoms. The summed E-state index contributed by atoms with van der Waals surface area (Å²) in [5, 5.41) is 11.6. The third-order valence-electron chi connectivity index (χ3n) is 2.17. The number of carbonyl (C=O) groups is 1. The van der Waals surface area contributed by atoms with Gasteiger partial charge < -0.3 is 4.74 Å². The number of benzene rings is 1. The largest absolute Gasteiger partial charge is 0.449 e. The normalized spacial score (nSPS) is 9.82. The Morgan fingerprint density at radius 2 is 2.24 bits per heavy atom. The van der Waals surface area contributed by atoms with E-state index in [1.165, 1.54) is 0 Å². The molecule has 0 aliphatic rings. The third kappa shape index (κ3) is 3.80. The van der Waals surface area contributed by atoms with Crippen molar-refractivity contribution in [2.45, 2.75) is 20.8 Å². The first-order chi connectivity index (χ1) is 8.04. The molecule has 0 radical (unpaired) electrons. The highest BCUT2D eigenvalue weighted by molar-refractivity contribution is 5.86. The molecular formula is C13H16N2O2. The fourth-order valence-electron chi connectivity index (χ4n) is 1.31. The maximum atomic E-state index is 11.5. The van der Waals surface area contributed by atoms with E-state index in [0.717, 1.165) is 5.56 Å². The number of anilines is 1. The quantitative estimate of drug-likeness (QED) is 0.871. The molecule has 0 spiro atoms. The van der Waals surface area contributed by atoms with Gasteiger partial charge in [0.1, 0.15) is 6.07 Å². The molecule has 0 heterocycles. The van der Waals surface area contributed by atoms with Gasteiger partial charge in [-0.2, -0.15) is 5.26 Å². The Morgan fingerprint density at radius 3 is 2.82 bits per heavy atom. The zero-order chi connectivity index (χ0) is 12.8. The summed E-state index contributed by atoms with van der Waals surface area (Å²) in [7, 11) is 0. The lowest BCUT2D eigenvalue weighted by atomic mass is 10.1. The van der Waals surface area contributed by atoms with Gasteiger partial charge in [0.15, 0.2) is 0 Å². The number of nitriles is 1. The number of aryl methyl sites for hydroxylation is 1. The number of rotatable bonds is 3. The molecule has 0 bridgehead atoms. The van der Waals surface area contributed by atoms with Crippen LogP contribution in [0, 0.1) is 24.2 Å². The van der Waals surface area contributed by atoms with Gasteiger partial charge in [0, 0.05) is 0 Å². The predicted octanol–water partition coefficient (Wildman–Crippen LogP) is 3.07. The van der Waals surface area contributed by atoms with Crippen molar-refractivity contribution in [2.75, 3.05) is 11.9 Å². The average Bonchev–Trinajstić information content (AvgIpc) is 2.27. The Kier molecular flexibility index (Phi) is 4.53. The van der Waals surface area contributed by atoms with E-state index in [9.17, 15) is 4.79 Å². The van der Waals surface area contributed by atoms with Gasteiger partial charge in [-0.3, -0.25) is 5.32 Å². The molecule has 1 amide bonds. The fraction of sp³-hybridized carbons (Fsp3) is 0.385. The van der Waals surface area contributed by atoms with Crippen molar-refractivity contribution in [2.24, 2.45) is 5.92 Å². The molecule has 1 rings (SSSR count). The van der Waals surface area contributed by atoms with Gasteiger partial charge in [0.2, 0.25) is 0 Å². The van der Waals surface area contributed by atoms with Crippen LogP contribution in [0.25, 0.3) is 0 Å². The topological polar surface area (TPSA) is 62.1 Å². The van der Waals surface area contributed by atoms with Crippen LogP contribution in [0.4, 0.5) is 10.5 Å². The summed E-state index contributed by atoms with van der Waals surface area (Å²) < 4.78 is 4.99. The number of ether oxygens (including phenoxy) is 1. The molecule has 0 saturated heterocycles. The predicted molar refractivity (Wildman–Crippen MR) is 65.7 cm³/mol. The van der Waals surface area contributed by atoms with E-state index < -0.39 is 6.09 Å². The second kappa shape index (κ2) is 5.90. The second-order valence-electron chi connectivity index (χ2n) is 4.23. The van der Waals surface area contributed by atoms with Gasteiger partial charge in [-0.1, -0.05) is 26.0 Å². The number of hydrogen-bond donors (Lipinski definition) is 1. The first-order valence-electron chi connectivity index (χ1n) is 5.48. The minimum absolute atomic E-state index is 0.286. The third-order valence-corrected chi connectivity index (χ3v) is 2.17. The smallest absolute Gasteiger partial charge is 0.411 e. The molecular weight excluding hydrogens is 216 g/mol. The minimum Gasteiger partial charge on any atom is -0.449 e. The lowest BCUT2D eigenvalue weighted by molar-refractivity contribution is 0.147. The maximum absolute atomic E-state index is 11.5. The van der Waals surface area contributed by atoms with E-state index in [1.807, 2.05) is 26.8 Å². The molecule has 0 saturated carbocycles. The summed E-state index contributed by atoms with van der Waals surface area (Å²) in [6.07, 6.45) is -0.527. The molecule has 0 atom stereocenters. The molecule has 4 heteroatoms. The highest BCUT2D eigenvalue weighted by Gasteiger charge is 2.09. The van der Waals surface area contributed by atoms with Crippen molar-refractivity contribution in [1.29, 1.82) is 5.26 Å². The van der Waals surface area contributed by atoms with Crippen LogP contribution >= 0.6 is 0 Å². The molecule has 1 aromatic carbocycles. The molecule has 0 aliphatic heterocycles. The number of carbonyl (C=O) groups excluding carboxylic acids is 1. The molecule has 0 aromatic heterocycles. The van der Waals surface area contributed by atoms with Crippen LogP contribution < -0.4 is 5.32 Å². The Morgan fingerprint density at radius 1 is 1.53 bits per heavy atom. The van der Waals surface area contributed by atoms with Crippen molar-refractivity contribution < 1.29 is 9.53 Å². The Balaban J connectivity index is 2.72. The van der Waals surface area contributed by atoms with Crippen molar-refractivity contribution in [3.8, 4) is 6.07 Å². The van der Waals surface area contributed by atoms with E-state index in [1.54, 1.807) is 12.1 Å². The van der Waals surface area contributed by atoms with Crippen LogP contribution in [0.5, 0.6) is 0 Å². The SMILES string of the molecule is Cc1cccc(NC(=O)OCC(C)C)c1C#N. The van der Waals surface area contributed by atoms with Crippen LogP contribution in [-0.2, 0) is 4.74 Å². The Labute approximate surface area is 101 Å². The van der Waals surface area contributed by atoms with Crippen LogP contribution in [0.1, 0.15) is 25.0 Å². The molecule has 0 unspecified atom stereocenters. The standard InChI is InChI=1S/C13H16N2O2/c1-9(2)8-17-13(16)15-12-6-4-5-10(3)11(12)7-14/h4-6,9H,8H2,1-3H3,(H,15,16). The van der Waals surface area contributed by atoms with Crippen molar-refractivity contribution in [3.63, 3.8) is 0 Å². The van der Waals surface area contributed by atoms with Gasteiger partial charge >= 0.3 is 6.09 Å². The maximum Gasteiger partial charge on any atom is 0.411 e. The molecule has 1 N–H and O–H groups in total. The second-order valence-corrected chi connectivity index (χ2v) is 4.23. The van der Waals surface area contributed by atoms with Gasteiger partial charge in [0.25, 0.3) is 0 Å². The van der Waals surface area contributed by atoms with Crippen LogP contribution in [-0.4, -0.2) is 12.7 Å². The van der Waals surface area contributed by atoms with Crippen molar-refractivity contribution in [3.05, 3.63) is 29.3 Å². The fourth-order valence-corrected chi connectivity index (χ4v) is 1.31. The zero-order valence-corrected chi connectivity index (χ0v) is 10.3. The summed E-state index contributed by atoms with van der Waals surface area (Å²) in [5.41, 5.74) is 1.78. The van der Waals surface area contributed by atoms with E-state index in [-0.39, 0.29) is 5.92 Å². The number of nitrogens with zero attached hydrogens (tertiary/aromatic N) is 1. The Bertz CT molecular complexity index is 447. The van der Waals surface area contributed by atoms with Crippen LogP contribution in [0.2, 0.25) is 0 Å². The summed E-state index contributed by atoms with van der Waals surface area (Å²) in [6.45, 7) is 6.10. The summed E-state index contributed by atoms with van der Waals surface area (Å²) in [4.78, 5) is 11.5. The highest BCUT2D eigenvalue weighted by atomic mass is 16.5. The van der Waals surface area contributed by atoms with Crippen molar-refractivity contribution in [1.82, 2.24) is 0 Å².